The van der Waals surface area contributed by atoms with E-state index in [4.69, 9.17) is 0 Å². The van der Waals surface area contributed by atoms with Gasteiger partial charge >= 0.3 is 0 Å². The van der Waals surface area contributed by atoms with E-state index in [1.807, 2.05) is 4.90 Å². The summed E-state index contributed by atoms with van der Waals surface area (Å²) in [5.74, 6) is 0. The van der Waals surface area contributed by atoms with Crippen molar-refractivity contribution in [1.82, 2.24) is 4.90 Å². The lowest BCUT2D eigenvalue weighted by Crippen LogP contribution is -2.31. The van der Waals surface area contributed by atoms with Gasteiger partial charge in [0.05, 0.1) is 0 Å². The van der Waals surface area contributed by atoms with Crippen LogP contribution < -0.4 is 0 Å². The molecule has 52 valence electrons. The van der Waals surface area contributed by atoms with Crippen LogP contribution in [0, 0.1) is 0 Å². The first-order valence-electron chi connectivity index (χ1n) is 3.33. The van der Waals surface area contributed by atoms with Gasteiger partial charge < -0.3 is 4.90 Å². The van der Waals surface area contributed by atoms with Gasteiger partial charge in [-0.2, -0.15) is 0 Å². The summed E-state index contributed by atoms with van der Waals surface area (Å²) < 4.78 is 12.5. The third-order valence-electron chi connectivity index (χ3n) is 1.65. The molecule has 1 aliphatic rings. The lowest BCUT2D eigenvalue weighted by Gasteiger charge is -2.26. The molecule has 0 radical (unpaired) electrons. The fourth-order valence-corrected chi connectivity index (χ4v) is 1.12. The molecule has 1 saturated heterocycles. The van der Waals surface area contributed by atoms with Crippen molar-refractivity contribution < 1.29 is 4.39 Å². The highest BCUT2D eigenvalue weighted by atomic mass is 19.1. The number of nitrogens with zero attached hydrogens (tertiary/aromatic N) is 1. The van der Waals surface area contributed by atoms with E-state index in [1.165, 1.54) is 0 Å². The van der Waals surface area contributed by atoms with E-state index in [-0.39, 0.29) is 0 Å². The lowest BCUT2D eigenvalue weighted by atomic mass is 10.1. The number of alkyl halides is 1. The normalized spacial score (nSPS) is 28.1. The first-order chi connectivity index (χ1) is 4.33. The zero-order valence-corrected chi connectivity index (χ0v) is 5.52. The molecule has 0 aliphatic carbocycles. The molecule has 9 heavy (non-hydrogen) atoms. The topological polar surface area (TPSA) is 3.24 Å². The Labute approximate surface area is 55.2 Å². The maximum atomic E-state index is 12.5. The van der Waals surface area contributed by atoms with Crippen molar-refractivity contribution in [2.45, 2.75) is 19.0 Å². The highest BCUT2D eigenvalue weighted by Gasteiger charge is 2.15. The molecule has 1 aliphatic heterocycles. The van der Waals surface area contributed by atoms with Crippen LogP contribution in [-0.2, 0) is 0 Å². The zero-order chi connectivity index (χ0) is 6.69. The first-order valence-corrected chi connectivity index (χ1v) is 3.33. The van der Waals surface area contributed by atoms with E-state index in [1.54, 1.807) is 6.20 Å². The summed E-state index contributed by atoms with van der Waals surface area (Å²) in [4.78, 5) is 1.92. The van der Waals surface area contributed by atoms with Crippen molar-refractivity contribution in [3.63, 3.8) is 0 Å². The number of piperidine rings is 1. The summed E-state index contributed by atoms with van der Waals surface area (Å²) in [6.45, 7) is 5.10. The van der Waals surface area contributed by atoms with Gasteiger partial charge in [-0.15, -0.1) is 0 Å². The van der Waals surface area contributed by atoms with Crippen molar-refractivity contribution in [2.24, 2.45) is 0 Å². The number of halogens is 1. The van der Waals surface area contributed by atoms with Crippen LogP contribution in [0.4, 0.5) is 4.39 Å². The Morgan fingerprint density at radius 2 is 2.44 bits per heavy atom. The lowest BCUT2D eigenvalue weighted by molar-refractivity contribution is 0.180. The Bertz CT molecular complexity index is 103. The summed E-state index contributed by atoms with van der Waals surface area (Å²) in [5.41, 5.74) is 0. The summed E-state index contributed by atoms with van der Waals surface area (Å²) in [6.07, 6.45) is 2.78. The van der Waals surface area contributed by atoms with Gasteiger partial charge in [-0.3, -0.25) is 0 Å². The fourth-order valence-electron chi connectivity index (χ4n) is 1.12. The van der Waals surface area contributed by atoms with Gasteiger partial charge in [-0.05, 0) is 19.0 Å². The summed E-state index contributed by atoms with van der Waals surface area (Å²) in [6, 6.07) is 0. The molecule has 1 fully saturated rings. The molecule has 1 nitrogen and oxygen atoms in total. The predicted octanol–water partition coefficient (Wildman–Crippen LogP) is 1.56. The maximum Gasteiger partial charge on any atom is 0.118 e. The molecular formula is C7H12FN. The SMILES string of the molecule is C=CN1CCC[C@H](F)C1. The average molecular weight is 129 g/mol. The van der Waals surface area contributed by atoms with Crippen LogP contribution in [0.3, 0.4) is 0 Å². The maximum absolute atomic E-state index is 12.5. The molecule has 2 heteroatoms. The van der Waals surface area contributed by atoms with E-state index < -0.39 is 6.17 Å². The van der Waals surface area contributed by atoms with Crippen LogP contribution >= 0.6 is 0 Å². The average Bonchev–Trinajstić information content (AvgIpc) is 1.88. The van der Waals surface area contributed by atoms with E-state index in [0.717, 1.165) is 19.4 Å². The van der Waals surface area contributed by atoms with Crippen molar-refractivity contribution in [3.05, 3.63) is 12.8 Å². The molecule has 0 N–H and O–H groups in total. The molecule has 1 heterocycles. The second-order valence-corrected chi connectivity index (χ2v) is 2.42. The standard InChI is InChI=1S/C7H12FN/c1-2-9-5-3-4-7(8)6-9/h2,7H,1,3-6H2/t7-/m0/s1. The largest absolute Gasteiger partial charge is 0.375 e. The quantitative estimate of drug-likeness (QED) is 0.519. The van der Waals surface area contributed by atoms with Gasteiger partial charge in [0.1, 0.15) is 6.17 Å². The van der Waals surface area contributed by atoms with E-state index in [9.17, 15) is 4.39 Å². The van der Waals surface area contributed by atoms with Gasteiger partial charge in [0.25, 0.3) is 0 Å². The van der Waals surface area contributed by atoms with Gasteiger partial charge in [0.2, 0.25) is 0 Å². The summed E-state index contributed by atoms with van der Waals surface area (Å²) in [7, 11) is 0. The minimum atomic E-state index is -0.628. The van der Waals surface area contributed by atoms with Crippen LogP contribution in [0.25, 0.3) is 0 Å². The van der Waals surface area contributed by atoms with Crippen molar-refractivity contribution in [1.29, 1.82) is 0 Å². The Balaban J connectivity index is 2.31. The Morgan fingerprint density at radius 1 is 1.67 bits per heavy atom. The van der Waals surface area contributed by atoms with E-state index in [0.29, 0.717) is 6.54 Å². The Morgan fingerprint density at radius 3 is 2.89 bits per heavy atom. The second-order valence-electron chi connectivity index (χ2n) is 2.42. The number of likely N-dealkylation sites (tertiary alicyclic amines) is 1. The van der Waals surface area contributed by atoms with E-state index >= 15 is 0 Å². The molecule has 0 aromatic rings. The number of hydrogen-bond donors (Lipinski definition) is 0. The molecule has 0 unspecified atom stereocenters. The van der Waals surface area contributed by atoms with Crippen LogP contribution in [0.15, 0.2) is 12.8 Å². The van der Waals surface area contributed by atoms with Crippen LogP contribution in [0.2, 0.25) is 0 Å². The highest BCUT2D eigenvalue weighted by Crippen LogP contribution is 2.11. The molecule has 1 rings (SSSR count). The second kappa shape index (κ2) is 2.85. The molecule has 0 aromatic carbocycles. The van der Waals surface area contributed by atoms with Gasteiger partial charge in [-0.1, -0.05) is 6.58 Å². The third-order valence-corrected chi connectivity index (χ3v) is 1.65. The number of hydrogen-bond acceptors (Lipinski definition) is 1. The monoisotopic (exact) mass is 129 g/mol. The minimum Gasteiger partial charge on any atom is -0.375 e. The first kappa shape index (κ1) is 6.59. The van der Waals surface area contributed by atoms with Crippen LogP contribution in [-0.4, -0.2) is 24.2 Å². The molecule has 0 aromatic heterocycles. The third kappa shape index (κ3) is 1.70. The van der Waals surface area contributed by atoms with Crippen molar-refractivity contribution in [3.8, 4) is 0 Å². The highest BCUT2D eigenvalue weighted by molar-refractivity contribution is 4.78. The molecular weight excluding hydrogens is 117 g/mol. The molecule has 0 saturated carbocycles. The van der Waals surface area contributed by atoms with Gasteiger partial charge in [0, 0.05) is 13.1 Å². The Kier molecular flexibility index (Phi) is 2.09. The summed E-state index contributed by atoms with van der Waals surface area (Å²) in [5, 5.41) is 0. The zero-order valence-electron chi connectivity index (χ0n) is 5.52. The minimum absolute atomic E-state index is 0.545. The fraction of sp³-hybridized carbons (Fsp3) is 0.714. The van der Waals surface area contributed by atoms with Crippen molar-refractivity contribution in [2.75, 3.05) is 13.1 Å². The van der Waals surface area contributed by atoms with Gasteiger partial charge in [0.15, 0.2) is 0 Å². The predicted molar refractivity (Wildman–Crippen MR) is 35.9 cm³/mol. The molecule has 0 spiro atoms. The summed E-state index contributed by atoms with van der Waals surface area (Å²) >= 11 is 0. The Hall–Kier alpha value is -0.530. The molecule has 1 atom stereocenters. The van der Waals surface area contributed by atoms with E-state index in [2.05, 4.69) is 6.58 Å². The van der Waals surface area contributed by atoms with Crippen molar-refractivity contribution >= 4 is 0 Å². The van der Waals surface area contributed by atoms with Crippen LogP contribution in [0.1, 0.15) is 12.8 Å². The molecule has 0 bridgehead atoms. The smallest absolute Gasteiger partial charge is 0.118 e. The van der Waals surface area contributed by atoms with Gasteiger partial charge in [-0.25, -0.2) is 4.39 Å². The number of rotatable bonds is 1. The van der Waals surface area contributed by atoms with Crippen LogP contribution in [0.5, 0.6) is 0 Å². The molecule has 0 amide bonds.